The van der Waals surface area contributed by atoms with E-state index in [1.807, 2.05) is 12.1 Å². The molecule has 0 aliphatic rings. The number of hydrazone groups is 1. The number of hydrogen-bond acceptors (Lipinski definition) is 3. The Kier molecular flexibility index (Phi) is 5.70. The van der Waals surface area contributed by atoms with Crippen LogP contribution in [0, 0.1) is 6.92 Å². The van der Waals surface area contributed by atoms with Gasteiger partial charge in [0, 0.05) is 11.4 Å². The van der Waals surface area contributed by atoms with E-state index in [0.29, 0.717) is 5.11 Å². The van der Waals surface area contributed by atoms with E-state index in [1.54, 1.807) is 17.6 Å². The minimum Gasteiger partial charge on any atom is -0.361 e. The van der Waals surface area contributed by atoms with Gasteiger partial charge < -0.3 is 5.32 Å². The molecule has 0 saturated heterocycles. The average Bonchev–Trinajstić information content (AvgIpc) is 2.94. The molecule has 5 heteroatoms. The van der Waals surface area contributed by atoms with Gasteiger partial charge in [-0.1, -0.05) is 35.9 Å². The van der Waals surface area contributed by atoms with E-state index in [4.69, 9.17) is 12.2 Å². The molecule has 0 bridgehead atoms. The molecule has 0 spiro atoms. The van der Waals surface area contributed by atoms with E-state index >= 15 is 0 Å². The Bertz CT molecular complexity index is 559. The molecule has 0 aliphatic heterocycles. The minimum absolute atomic E-state index is 0.546. The van der Waals surface area contributed by atoms with Crippen molar-refractivity contribution in [2.45, 2.75) is 13.3 Å². The summed E-state index contributed by atoms with van der Waals surface area (Å²) in [6.45, 7) is 2.87. The molecule has 0 fully saturated rings. The molecule has 0 atom stereocenters. The fourth-order valence-electron chi connectivity index (χ4n) is 1.61. The molecular weight excluding hydrogens is 286 g/mol. The lowest BCUT2D eigenvalue weighted by Gasteiger charge is -2.05. The first kappa shape index (κ1) is 14.7. The van der Waals surface area contributed by atoms with Crippen LogP contribution in [0.25, 0.3) is 0 Å². The highest BCUT2D eigenvalue weighted by molar-refractivity contribution is 7.80. The van der Waals surface area contributed by atoms with E-state index < -0.39 is 0 Å². The van der Waals surface area contributed by atoms with Crippen LogP contribution in [0.2, 0.25) is 0 Å². The molecule has 0 amide bonds. The largest absolute Gasteiger partial charge is 0.361 e. The summed E-state index contributed by atoms with van der Waals surface area (Å²) in [5.41, 5.74) is 5.10. The van der Waals surface area contributed by atoms with Gasteiger partial charge in [-0.15, -0.1) is 11.3 Å². The standard InChI is InChI=1S/C15H17N3S2/c1-12-4-6-13(7-5-12)11-17-18-15(19)16-9-8-14-3-2-10-20-14/h2-7,10-11H,8-9H2,1H3,(H2,16,18,19)/b17-11+. The number of thiophene rings is 1. The fourth-order valence-corrected chi connectivity index (χ4v) is 2.48. The van der Waals surface area contributed by atoms with Crippen molar-refractivity contribution in [2.24, 2.45) is 5.10 Å². The van der Waals surface area contributed by atoms with Gasteiger partial charge in [0.1, 0.15) is 0 Å². The van der Waals surface area contributed by atoms with Gasteiger partial charge in [0.2, 0.25) is 0 Å². The zero-order valence-electron chi connectivity index (χ0n) is 11.3. The number of nitrogens with one attached hydrogen (secondary N) is 2. The van der Waals surface area contributed by atoms with Gasteiger partial charge in [-0.3, -0.25) is 5.43 Å². The van der Waals surface area contributed by atoms with E-state index in [1.165, 1.54) is 10.4 Å². The van der Waals surface area contributed by atoms with Crippen molar-refractivity contribution in [2.75, 3.05) is 6.54 Å². The van der Waals surface area contributed by atoms with Crippen LogP contribution >= 0.6 is 23.6 Å². The van der Waals surface area contributed by atoms with Crippen molar-refractivity contribution < 1.29 is 0 Å². The van der Waals surface area contributed by atoms with Crippen LogP contribution < -0.4 is 10.7 Å². The molecule has 0 unspecified atom stereocenters. The predicted octanol–water partition coefficient (Wildman–Crippen LogP) is 3.10. The van der Waals surface area contributed by atoms with Crippen LogP contribution in [0.1, 0.15) is 16.0 Å². The third-order valence-electron chi connectivity index (χ3n) is 2.69. The number of hydrogen-bond donors (Lipinski definition) is 2. The maximum absolute atomic E-state index is 5.15. The molecular formula is C15H17N3S2. The number of thiocarbonyl (C=S) groups is 1. The van der Waals surface area contributed by atoms with Gasteiger partial charge in [-0.2, -0.15) is 5.10 Å². The van der Waals surface area contributed by atoms with Crippen molar-refractivity contribution >= 4 is 34.9 Å². The van der Waals surface area contributed by atoms with Crippen LogP contribution in [-0.4, -0.2) is 17.9 Å². The SMILES string of the molecule is Cc1ccc(/C=N/NC(=S)NCCc2cccs2)cc1. The molecule has 2 N–H and O–H groups in total. The monoisotopic (exact) mass is 303 g/mol. The van der Waals surface area contributed by atoms with Crippen molar-refractivity contribution in [3.05, 3.63) is 57.8 Å². The van der Waals surface area contributed by atoms with Crippen molar-refractivity contribution in [1.29, 1.82) is 0 Å². The number of nitrogens with zero attached hydrogens (tertiary/aromatic N) is 1. The summed E-state index contributed by atoms with van der Waals surface area (Å²) in [7, 11) is 0. The molecule has 1 aromatic carbocycles. The molecule has 0 aliphatic carbocycles. The molecule has 2 aromatic rings. The summed E-state index contributed by atoms with van der Waals surface area (Å²) in [6, 6.07) is 12.3. The fraction of sp³-hybridized carbons (Fsp3) is 0.200. The van der Waals surface area contributed by atoms with Crippen molar-refractivity contribution in [3.63, 3.8) is 0 Å². The van der Waals surface area contributed by atoms with Crippen LogP contribution in [0.15, 0.2) is 46.9 Å². The molecule has 1 aromatic heterocycles. The molecule has 0 saturated carbocycles. The van der Waals surface area contributed by atoms with Gasteiger partial charge in [-0.25, -0.2) is 0 Å². The smallest absolute Gasteiger partial charge is 0.186 e. The van der Waals surface area contributed by atoms with Gasteiger partial charge in [0.05, 0.1) is 6.21 Å². The number of aryl methyl sites for hydroxylation is 1. The lowest BCUT2D eigenvalue weighted by atomic mass is 10.2. The Morgan fingerprint density at radius 3 is 2.80 bits per heavy atom. The van der Waals surface area contributed by atoms with Crippen LogP contribution in [0.4, 0.5) is 0 Å². The molecule has 1 heterocycles. The summed E-state index contributed by atoms with van der Waals surface area (Å²) in [6.07, 6.45) is 2.73. The van der Waals surface area contributed by atoms with Crippen LogP contribution in [-0.2, 0) is 6.42 Å². The Labute approximate surface area is 128 Å². The first-order chi connectivity index (χ1) is 9.74. The second-order valence-electron chi connectivity index (χ2n) is 4.37. The van der Waals surface area contributed by atoms with E-state index in [2.05, 4.69) is 52.4 Å². The molecule has 0 radical (unpaired) electrons. The molecule has 104 valence electrons. The van der Waals surface area contributed by atoms with Gasteiger partial charge in [-0.05, 0) is 42.6 Å². The lowest BCUT2D eigenvalue weighted by molar-refractivity contribution is 0.846. The molecule has 3 nitrogen and oxygen atoms in total. The summed E-state index contributed by atoms with van der Waals surface area (Å²) >= 11 is 6.91. The molecule has 20 heavy (non-hydrogen) atoms. The second-order valence-corrected chi connectivity index (χ2v) is 5.81. The van der Waals surface area contributed by atoms with Gasteiger partial charge in [0.25, 0.3) is 0 Å². The van der Waals surface area contributed by atoms with E-state index in [9.17, 15) is 0 Å². The predicted molar refractivity (Wildman–Crippen MR) is 90.5 cm³/mol. The Balaban J connectivity index is 1.68. The van der Waals surface area contributed by atoms with Gasteiger partial charge in [0.15, 0.2) is 5.11 Å². The van der Waals surface area contributed by atoms with Crippen LogP contribution in [0.5, 0.6) is 0 Å². The average molecular weight is 303 g/mol. The quantitative estimate of drug-likeness (QED) is 0.506. The summed E-state index contributed by atoms with van der Waals surface area (Å²) in [5, 5.41) is 9.87. The second kappa shape index (κ2) is 7.77. The van der Waals surface area contributed by atoms with Crippen molar-refractivity contribution in [3.8, 4) is 0 Å². The summed E-state index contributed by atoms with van der Waals surface area (Å²) in [4.78, 5) is 1.35. The maximum atomic E-state index is 5.15. The molecule has 2 rings (SSSR count). The highest BCUT2D eigenvalue weighted by Gasteiger charge is 1.95. The third-order valence-corrected chi connectivity index (χ3v) is 3.87. The minimum atomic E-state index is 0.546. The van der Waals surface area contributed by atoms with Gasteiger partial charge >= 0.3 is 0 Å². The van der Waals surface area contributed by atoms with Crippen molar-refractivity contribution in [1.82, 2.24) is 10.7 Å². The summed E-state index contributed by atoms with van der Waals surface area (Å²) in [5.74, 6) is 0. The first-order valence-corrected chi connectivity index (χ1v) is 7.69. The maximum Gasteiger partial charge on any atom is 0.186 e. The third kappa shape index (κ3) is 5.11. The zero-order chi connectivity index (χ0) is 14.2. The zero-order valence-corrected chi connectivity index (χ0v) is 12.9. The van der Waals surface area contributed by atoms with E-state index in [-0.39, 0.29) is 0 Å². The normalized spacial score (nSPS) is 10.7. The van der Waals surface area contributed by atoms with E-state index in [0.717, 1.165) is 18.5 Å². The first-order valence-electron chi connectivity index (χ1n) is 6.40. The lowest BCUT2D eigenvalue weighted by Crippen LogP contribution is -2.33. The van der Waals surface area contributed by atoms with Crippen LogP contribution in [0.3, 0.4) is 0 Å². The number of rotatable bonds is 5. The number of benzene rings is 1. The topological polar surface area (TPSA) is 36.4 Å². The Morgan fingerprint density at radius 2 is 2.10 bits per heavy atom. The summed E-state index contributed by atoms with van der Waals surface area (Å²) < 4.78 is 0. The highest BCUT2D eigenvalue weighted by Crippen LogP contribution is 2.07. The highest BCUT2D eigenvalue weighted by atomic mass is 32.1. The Morgan fingerprint density at radius 1 is 1.30 bits per heavy atom. The Hall–Kier alpha value is -1.72.